The van der Waals surface area contributed by atoms with Crippen molar-refractivity contribution < 1.29 is 25.0 Å². The van der Waals surface area contributed by atoms with Crippen molar-refractivity contribution >= 4 is 30.2 Å². The van der Waals surface area contributed by atoms with Crippen LogP contribution in [-0.2, 0) is 9.59 Å². The van der Waals surface area contributed by atoms with E-state index in [4.69, 9.17) is 10.8 Å². The summed E-state index contributed by atoms with van der Waals surface area (Å²) in [6.45, 7) is -0.0886. The van der Waals surface area contributed by atoms with Gasteiger partial charge >= 0.3 is 5.97 Å². The van der Waals surface area contributed by atoms with Crippen molar-refractivity contribution in [1.29, 1.82) is 0 Å². The first-order valence-electron chi connectivity index (χ1n) is 6.61. The smallest absolute Gasteiger partial charge is 0.326 e. The van der Waals surface area contributed by atoms with Gasteiger partial charge in [-0.05, 0) is 12.1 Å². The Hall–Kier alpha value is -2.16. The Morgan fingerprint density at radius 2 is 1.87 bits per heavy atom. The third kappa shape index (κ3) is 4.92. The molecule has 1 aliphatic heterocycles. The number of likely N-dealkylation sites (tertiary alicyclic amines) is 1. The lowest BCUT2D eigenvalue weighted by Gasteiger charge is -2.20. The number of nitrogens with zero attached hydrogens (tertiary/aromatic N) is 1. The Balaban J connectivity index is 0.00000242. The molecule has 23 heavy (non-hydrogen) atoms. The second kappa shape index (κ2) is 9.09. The van der Waals surface area contributed by atoms with Gasteiger partial charge in [-0.1, -0.05) is 18.2 Å². The van der Waals surface area contributed by atoms with E-state index in [0.29, 0.717) is 5.56 Å². The molecule has 9 heteroatoms. The zero-order chi connectivity index (χ0) is 15.4. The van der Waals surface area contributed by atoms with Gasteiger partial charge in [0.25, 0.3) is 5.91 Å². The molecular formula is C14H20ClN3O5. The van der Waals surface area contributed by atoms with E-state index in [1.807, 2.05) is 0 Å². The first-order chi connectivity index (χ1) is 10.0. The Kier molecular flexibility index (Phi) is 8.23. The van der Waals surface area contributed by atoms with E-state index in [1.54, 1.807) is 30.3 Å². The van der Waals surface area contributed by atoms with Gasteiger partial charge in [0.1, 0.15) is 6.04 Å². The molecule has 1 heterocycles. The van der Waals surface area contributed by atoms with Crippen molar-refractivity contribution in [1.82, 2.24) is 10.2 Å². The molecule has 0 unspecified atom stereocenters. The number of hydrogen-bond donors (Lipinski definition) is 3. The zero-order valence-electron chi connectivity index (χ0n) is 12.3. The molecule has 0 bridgehead atoms. The number of carboxylic acids is 1. The van der Waals surface area contributed by atoms with Crippen molar-refractivity contribution in [2.75, 3.05) is 13.1 Å². The second-order valence-corrected chi connectivity index (χ2v) is 4.88. The molecular weight excluding hydrogens is 326 g/mol. The zero-order valence-corrected chi connectivity index (χ0v) is 13.1. The molecule has 0 spiro atoms. The minimum absolute atomic E-state index is 0. The highest BCUT2D eigenvalue weighted by Crippen LogP contribution is 2.18. The highest BCUT2D eigenvalue weighted by atomic mass is 35.5. The molecule has 1 fully saturated rings. The molecule has 2 amide bonds. The minimum atomic E-state index is -1.09. The van der Waals surface area contributed by atoms with Crippen LogP contribution in [0.3, 0.4) is 0 Å². The number of carbonyl (C=O) groups is 3. The van der Waals surface area contributed by atoms with Crippen LogP contribution in [0.15, 0.2) is 30.3 Å². The van der Waals surface area contributed by atoms with Crippen LogP contribution in [-0.4, -0.2) is 58.4 Å². The van der Waals surface area contributed by atoms with Crippen molar-refractivity contribution in [2.45, 2.75) is 18.5 Å². The fourth-order valence-electron chi connectivity index (χ4n) is 2.43. The van der Waals surface area contributed by atoms with Gasteiger partial charge < -0.3 is 26.5 Å². The molecule has 1 aliphatic rings. The lowest BCUT2D eigenvalue weighted by atomic mass is 10.1. The average Bonchev–Trinajstić information content (AvgIpc) is 2.91. The summed E-state index contributed by atoms with van der Waals surface area (Å²) in [5, 5.41) is 11.9. The summed E-state index contributed by atoms with van der Waals surface area (Å²) >= 11 is 0. The van der Waals surface area contributed by atoms with Crippen LogP contribution < -0.4 is 11.1 Å². The number of benzene rings is 1. The summed E-state index contributed by atoms with van der Waals surface area (Å²) in [5.74, 6) is -1.81. The fraction of sp³-hybridized carbons (Fsp3) is 0.357. The van der Waals surface area contributed by atoms with Crippen LogP contribution in [0.5, 0.6) is 0 Å². The maximum Gasteiger partial charge on any atom is 0.326 e. The largest absolute Gasteiger partial charge is 0.480 e. The van der Waals surface area contributed by atoms with Crippen molar-refractivity contribution in [3.8, 4) is 0 Å². The van der Waals surface area contributed by atoms with E-state index < -0.39 is 24.0 Å². The number of nitrogens with one attached hydrogen (secondary N) is 1. The number of nitrogens with two attached hydrogens (primary N) is 1. The molecule has 0 saturated carbocycles. The third-order valence-electron chi connectivity index (χ3n) is 3.45. The number of aliphatic carboxylic acids is 1. The monoisotopic (exact) mass is 345 g/mol. The van der Waals surface area contributed by atoms with E-state index in [0.717, 1.165) is 0 Å². The SMILES string of the molecule is Cl.NCC(=O)N1C[C@H](NC(=O)c2ccccc2)C[C@@H]1C(=O)O.O. The van der Waals surface area contributed by atoms with Crippen molar-refractivity contribution in [3.63, 3.8) is 0 Å². The fourth-order valence-corrected chi connectivity index (χ4v) is 2.43. The quantitative estimate of drug-likeness (QED) is 0.642. The van der Waals surface area contributed by atoms with Crippen molar-refractivity contribution in [2.24, 2.45) is 5.73 Å². The van der Waals surface area contributed by atoms with Gasteiger partial charge in [-0.15, -0.1) is 12.4 Å². The van der Waals surface area contributed by atoms with E-state index in [-0.39, 0.29) is 43.3 Å². The number of halogens is 1. The van der Waals surface area contributed by atoms with E-state index in [1.165, 1.54) is 4.90 Å². The molecule has 0 aromatic heterocycles. The van der Waals surface area contributed by atoms with Gasteiger partial charge in [-0.3, -0.25) is 9.59 Å². The lowest BCUT2D eigenvalue weighted by Crippen LogP contribution is -2.44. The molecule has 8 nitrogen and oxygen atoms in total. The summed E-state index contributed by atoms with van der Waals surface area (Å²) in [7, 11) is 0. The molecule has 2 atom stereocenters. The Morgan fingerprint density at radius 1 is 1.26 bits per heavy atom. The molecule has 6 N–H and O–H groups in total. The Bertz CT molecular complexity index is 555. The summed E-state index contributed by atoms with van der Waals surface area (Å²) in [6, 6.07) is 7.29. The molecule has 1 aromatic rings. The van der Waals surface area contributed by atoms with Crippen LogP contribution in [0.2, 0.25) is 0 Å². The number of carboxylic acid groups (broad SMARTS) is 1. The summed E-state index contributed by atoms with van der Waals surface area (Å²) in [5.41, 5.74) is 5.77. The lowest BCUT2D eigenvalue weighted by molar-refractivity contribution is -0.147. The first-order valence-corrected chi connectivity index (χ1v) is 6.61. The first kappa shape index (κ1) is 20.8. The molecule has 1 saturated heterocycles. The van der Waals surface area contributed by atoms with Gasteiger partial charge in [0.15, 0.2) is 0 Å². The van der Waals surface area contributed by atoms with Gasteiger partial charge in [-0.25, -0.2) is 4.79 Å². The topological polar surface area (TPSA) is 144 Å². The summed E-state index contributed by atoms with van der Waals surface area (Å²) in [6.07, 6.45) is 0.180. The van der Waals surface area contributed by atoms with Crippen LogP contribution in [0.25, 0.3) is 0 Å². The summed E-state index contributed by atoms with van der Waals surface area (Å²) in [4.78, 5) is 36.1. The number of amides is 2. The summed E-state index contributed by atoms with van der Waals surface area (Å²) < 4.78 is 0. The van der Waals surface area contributed by atoms with Crippen molar-refractivity contribution in [3.05, 3.63) is 35.9 Å². The van der Waals surface area contributed by atoms with Crippen LogP contribution in [0.1, 0.15) is 16.8 Å². The van der Waals surface area contributed by atoms with E-state index >= 15 is 0 Å². The Labute approximate surface area is 139 Å². The van der Waals surface area contributed by atoms with Crippen LogP contribution in [0.4, 0.5) is 0 Å². The number of rotatable bonds is 4. The van der Waals surface area contributed by atoms with Gasteiger partial charge in [0.2, 0.25) is 5.91 Å². The molecule has 128 valence electrons. The minimum Gasteiger partial charge on any atom is -0.480 e. The van der Waals surface area contributed by atoms with E-state index in [2.05, 4.69) is 5.32 Å². The Morgan fingerprint density at radius 3 is 2.39 bits per heavy atom. The third-order valence-corrected chi connectivity index (χ3v) is 3.45. The molecule has 0 aliphatic carbocycles. The van der Waals surface area contributed by atoms with Gasteiger partial charge in [0, 0.05) is 24.6 Å². The average molecular weight is 346 g/mol. The van der Waals surface area contributed by atoms with Crippen LogP contribution >= 0.6 is 12.4 Å². The predicted octanol–water partition coefficient (Wildman–Crippen LogP) is -0.974. The maximum absolute atomic E-state index is 12.0. The number of hydrogen-bond acceptors (Lipinski definition) is 4. The maximum atomic E-state index is 12.0. The van der Waals surface area contributed by atoms with Gasteiger partial charge in [0.05, 0.1) is 6.54 Å². The predicted molar refractivity (Wildman–Crippen MR) is 85.4 cm³/mol. The molecule has 2 rings (SSSR count). The highest BCUT2D eigenvalue weighted by molar-refractivity contribution is 5.94. The second-order valence-electron chi connectivity index (χ2n) is 4.88. The molecule has 1 aromatic carbocycles. The number of carbonyl (C=O) groups excluding carboxylic acids is 2. The standard InChI is InChI=1S/C14H17N3O4.ClH.H2O/c15-7-12(18)17-8-10(6-11(17)14(20)21)16-13(19)9-4-2-1-3-5-9;;/h1-5,10-11H,6-8,15H2,(H,16,19)(H,20,21);1H;1H2/t10-,11-;;/m1../s1. The van der Waals surface area contributed by atoms with Gasteiger partial charge in [-0.2, -0.15) is 0 Å². The highest BCUT2D eigenvalue weighted by Gasteiger charge is 2.39. The molecule has 0 radical (unpaired) electrons. The van der Waals surface area contributed by atoms with E-state index in [9.17, 15) is 14.4 Å². The normalized spacial score (nSPS) is 19.3. The van der Waals surface area contributed by atoms with Crippen LogP contribution in [0, 0.1) is 0 Å².